The summed E-state index contributed by atoms with van der Waals surface area (Å²) in [5.74, 6) is 0.631. The first kappa shape index (κ1) is 19.8. The molecule has 30 heavy (non-hydrogen) atoms. The molecule has 4 heterocycles. The van der Waals surface area contributed by atoms with Gasteiger partial charge in [0.15, 0.2) is 0 Å². The Kier molecular flexibility index (Phi) is 5.13. The van der Waals surface area contributed by atoms with Gasteiger partial charge >= 0.3 is 0 Å². The molecule has 0 saturated heterocycles. The van der Waals surface area contributed by atoms with Gasteiger partial charge in [-0.2, -0.15) is 9.78 Å². The van der Waals surface area contributed by atoms with Crippen molar-refractivity contribution in [2.45, 2.75) is 33.1 Å². The quantitative estimate of drug-likeness (QED) is 0.536. The molecule has 0 atom stereocenters. The number of thiazole rings is 1. The molecule has 1 N–H and O–H groups in total. The standard InChI is InChI=1S/C21H21N7OS/c1-13-17(30-19(25-13)14-8-5-6-9-22-14)18(29)26-16-12-15(21(2,3)4)27-28(16)20-23-10-7-11-24-20/h5-12H,1-4H3,(H,26,29). The van der Waals surface area contributed by atoms with Crippen LogP contribution in [0.1, 0.15) is 41.8 Å². The van der Waals surface area contributed by atoms with Crippen LogP contribution in [0.5, 0.6) is 0 Å². The Morgan fingerprint density at radius 2 is 1.80 bits per heavy atom. The molecule has 8 nitrogen and oxygen atoms in total. The van der Waals surface area contributed by atoms with Crippen LogP contribution in [0, 0.1) is 6.92 Å². The molecule has 0 unspecified atom stereocenters. The van der Waals surface area contributed by atoms with Gasteiger partial charge in [-0.3, -0.25) is 9.78 Å². The van der Waals surface area contributed by atoms with Gasteiger partial charge in [-0.15, -0.1) is 11.3 Å². The summed E-state index contributed by atoms with van der Waals surface area (Å²) in [7, 11) is 0. The zero-order valence-electron chi connectivity index (χ0n) is 17.1. The van der Waals surface area contributed by atoms with Crippen molar-refractivity contribution in [2.75, 3.05) is 5.32 Å². The van der Waals surface area contributed by atoms with E-state index in [0.29, 0.717) is 27.3 Å². The van der Waals surface area contributed by atoms with E-state index in [1.54, 1.807) is 29.3 Å². The molecule has 0 fully saturated rings. The molecule has 9 heteroatoms. The maximum Gasteiger partial charge on any atom is 0.268 e. The number of aromatic nitrogens is 6. The summed E-state index contributed by atoms with van der Waals surface area (Å²) < 4.78 is 1.55. The molecular formula is C21H21N7OS. The van der Waals surface area contributed by atoms with E-state index in [1.807, 2.05) is 31.2 Å². The van der Waals surface area contributed by atoms with Gasteiger partial charge in [0.25, 0.3) is 11.9 Å². The van der Waals surface area contributed by atoms with Gasteiger partial charge < -0.3 is 5.32 Å². The maximum atomic E-state index is 13.1. The topological polar surface area (TPSA) is 98.5 Å². The van der Waals surface area contributed by atoms with Crippen LogP contribution in [0.3, 0.4) is 0 Å². The number of carbonyl (C=O) groups excluding carboxylic acids is 1. The smallest absolute Gasteiger partial charge is 0.268 e. The highest BCUT2D eigenvalue weighted by Gasteiger charge is 2.24. The third-order valence-corrected chi connectivity index (χ3v) is 5.53. The molecule has 4 aromatic heterocycles. The Bertz CT molecular complexity index is 1180. The van der Waals surface area contributed by atoms with Crippen LogP contribution < -0.4 is 5.32 Å². The monoisotopic (exact) mass is 419 g/mol. The average molecular weight is 420 g/mol. The van der Waals surface area contributed by atoms with E-state index in [0.717, 1.165) is 11.4 Å². The van der Waals surface area contributed by atoms with Crippen LogP contribution in [0.2, 0.25) is 0 Å². The molecule has 152 valence electrons. The van der Waals surface area contributed by atoms with Crippen molar-refractivity contribution in [3.8, 4) is 16.6 Å². The number of rotatable bonds is 4. The number of nitrogens with one attached hydrogen (secondary N) is 1. The second-order valence-electron chi connectivity index (χ2n) is 7.73. The van der Waals surface area contributed by atoms with E-state index in [2.05, 4.69) is 51.1 Å². The van der Waals surface area contributed by atoms with E-state index >= 15 is 0 Å². The number of pyridine rings is 1. The Labute approximate surface area is 178 Å². The number of hydrogen-bond acceptors (Lipinski definition) is 7. The summed E-state index contributed by atoms with van der Waals surface area (Å²) in [5, 5.41) is 8.29. The fourth-order valence-electron chi connectivity index (χ4n) is 2.77. The van der Waals surface area contributed by atoms with Gasteiger partial charge in [-0.1, -0.05) is 26.8 Å². The van der Waals surface area contributed by atoms with Crippen LogP contribution in [0.4, 0.5) is 5.82 Å². The van der Waals surface area contributed by atoms with E-state index in [4.69, 9.17) is 0 Å². The first-order chi connectivity index (χ1) is 14.3. The normalized spacial score (nSPS) is 11.5. The molecular weight excluding hydrogens is 398 g/mol. The Morgan fingerprint density at radius 3 is 2.47 bits per heavy atom. The summed E-state index contributed by atoms with van der Waals surface area (Å²) in [6.45, 7) is 7.99. The highest BCUT2D eigenvalue weighted by atomic mass is 32.1. The molecule has 0 saturated carbocycles. The van der Waals surface area contributed by atoms with Crippen molar-refractivity contribution in [3.63, 3.8) is 0 Å². The lowest BCUT2D eigenvalue weighted by Crippen LogP contribution is -2.16. The fourth-order valence-corrected chi connectivity index (χ4v) is 3.71. The molecule has 0 aromatic carbocycles. The van der Waals surface area contributed by atoms with Gasteiger partial charge in [-0.05, 0) is 25.1 Å². The van der Waals surface area contributed by atoms with E-state index in [1.165, 1.54) is 11.3 Å². The van der Waals surface area contributed by atoms with Crippen LogP contribution >= 0.6 is 11.3 Å². The maximum absolute atomic E-state index is 13.1. The van der Waals surface area contributed by atoms with Gasteiger partial charge in [0.1, 0.15) is 15.7 Å². The lowest BCUT2D eigenvalue weighted by molar-refractivity contribution is 0.102. The zero-order valence-corrected chi connectivity index (χ0v) is 17.9. The summed E-state index contributed by atoms with van der Waals surface area (Å²) in [5.41, 5.74) is 2.01. The number of anilines is 1. The van der Waals surface area contributed by atoms with Gasteiger partial charge in [0, 0.05) is 30.1 Å². The second kappa shape index (κ2) is 7.75. The Balaban J connectivity index is 1.68. The minimum absolute atomic E-state index is 0.202. The van der Waals surface area contributed by atoms with Gasteiger partial charge in [0.05, 0.1) is 17.1 Å². The van der Waals surface area contributed by atoms with Crippen LogP contribution in [-0.2, 0) is 5.41 Å². The highest BCUT2D eigenvalue weighted by Crippen LogP contribution is 2.29. The first-order valence-electron chi connectivity index (χ1n) is 9.41. The first-order valence-corrected chi connectivity index (χ1v) is 10.2. The molecule has 0 radical (unpaired) electrons. The molecule has 0 bridgehead atoms. The Morgan fingerprint density at radius 1 is 1.07 bits per heavy atom. The molecule has 4 rings (SSSR count). The van der Waals surface area contributed by atoms with Crippen LogP contribution in [0.25, 0.3) is 16.6 Å². The number of aryl methyl sites for hydroxylation is 1. The van der Waals surface area contributed by atoms with Crippen molar-refractivity contribution in [1.29, 1.82) is 0 Å². The van der Waals surface area contributed by atoms with Gasteiger partial charge in [-0.25, -0.2) is 15.0 Å². The van der Waals surface area contributed by atoms with Crippen molar-refractivity contribution >= 4 is 23.1 Å². The number of amides is 1. The number of carbonyl (C=O) groups is 1. The second-order valence-corrected chi connectivity index (χ2v) is 8.73. The zero-order chi connectivity index (χ0) is 21.3. The number of hydrogen-bond donors (Lipinski definition) is 1. The lowest BCUT2D eigenvalue weighted by atomic mass is 9.92. The summed E-state index contributed by atoms with van der Waals surface area (Å²) in [4.78, 5) is 31.0. The van der Waals surface area contributed by atoms with E-state index in [-0.39, 0.29) is 11.3 Å². The molecule has 0 aliphatic carbocycles. The van der Waals surface area contributed by atoms with E-state index in [9.17, 15) is 4.79 Å². The van der Waals surface area contributed by atoms with Crippen molar-refractivity contribution in [3.05, 3.63) is 65.2 Å². The van der Waals surface area contributed by atoms with Crippen LogP contribution in [-0.4, -0.2) is 35.6 Å². The minimum atomic E-state index is -0.260. The third kappa shape index (κ3) is 3.97. The Hall–Kier alpha value is -3.46. The largest absolute Gasteiger partial charge is 0.306 e. The molecule has 0 aliphatic heterocycles. The predicted molar refractivity (Wildman–Crippen MR) is 116 cm³/mol. The SMILES string of the molecule is Cc1nc(-c2ccccn2)sc1C(=O)Nc1cc(C(C)(C)C)nn1-c1ncccn1. The third-order valence-electron chi connectivity index (χ3n) is 4.35. The number of nitrogens with zero attached hydrogens (tertiary/aromatic N) is 6. The fraction of sp³-hybridized carbons (Fsp3) is 0.238. The van der Waals surface area contributed by atoms with Crippen molar-refractivity contribution < 1.29 is 4.79 Å². The van der Waals surface area contributed by atoms with Crippen molar-refractivity contribution in [2.24, 2.45) is 0 Å². The van der Waals surface area contributed by atoms with Crippen molar-refractivity contribution in [1.82, 2.24) is 29.7 Å². The highest BCUT2D eigenvalue weighted by molar-refractivity contribution is 7.17. The summed E-state index contributed by atoms with van der Waals surface area (Å²) >= 11 is 1.31. The minimum Gasteiger partial charge on any atom is -0.306 e. The molecule has 0 aliphatic rings. The van der Waals surface area contributed by atoms with Crippen LogP contribution in [0.15, 0.2) is 48.9 Å². The average Bonchev–Trinajstić information content (AvgIpc) is 3.33. The summed E-state index contributed by atoms with van der Waals surface area (Å²) in [6, 6.07) is 9.19. The lowest BCUT2D eigenvalue weighted by Gasteiger charge is -2.13. The molecule has 0 spiro atoms. The summed E-state index contributed by atoms with van der Waals surface area (Å²) in [6.07, 6.45) is 4.98. The van der Waals surface area contributed by atoms with Gasteiger partial charge in [0.2, 0.25) is 0 Å². The predicted octanol–water partition coefficient (Wildman–Crippen LogP) is 4.04. The van der Waals surface area contributed by atoms with E-state index < -0.39 is 0 Å². The molecule has 4 aromatic rings. The molecule has 1 amide bonds.